The minimum atomic E-state index is 0.0124. The standard InChI is InChI=1S/C20H31N3O2/c1-14(2)15(3)21-19(24)16-9-11-23(12-10-16)20(25)17-7-6-8-18(13-17)22(4)5/h6-8,13-16H,9-12H2,1-5H3,(H,21,24)/t15-/m1/s1. The molecule has 0 spiro atoms. The molecular weight excluding hydrogens is 314 g/mol. The van der Waals surface area contributed by atoms with Crippen LogP contribution < -0.4 is 10.2 Å². The number of rotatable bonds is 5. The molecule has 1 heterocycles. The summed E-state index contributed by atoms with van der Waals surface area (Å²) in [5.74, 6) is 0.619. The zero-order chi connectivity index (χ0) is 18.6. The zero-order valence-corrected chi connectivity index (χ0v) is 16.1. The molecule has 0 aromatic heterocycles. The van der Waals surface area contributed by atoms with Gasteiger partial charge in [0.05, 0.1) is 0 Å². The van der Waals surface area contributed by atoms with Gasteiger partial charge in [0.2, 0.25) is 5.91 Å². The fourth-order valence-corrected chi connectivity index (χ4v) is 2.95. The Bertz CT molecular complexity index is 605. The second-order valence-electron chi connectivity index (χ2n) is 7.55. The molecule has 138 valence electrons. The van der Waals surface area contributed by atoms with Crippen LogP contribution in [0.25, 0.3) is 0 Å². The van der Waals surface area contributed by atoms with Gasteiger partial charge in [-0.1, -0.05) is 19.9 Å². The summed E-state index contributed by atoms with van der Waals surface area (Å²) >= 11 is 0. The van der Waals surface area contributed by atoms with E-state index in [1.165, 1.54) is 0 Å². The van der Waals surface area contributed by atoms with E-state index in [0.29, 0.717) is 24.6 Å². The first-order valence-electron chi connectivity index (χ1n) is 9.16. The van der Waals surface area contributed by atoms with E-state index in [2.05, 4.69) is 19.2 Å². The molecule has 1 N–H and O–H groups in total. The molecule has 5 nitrogen and oxygen atoms in total. The SMILES string of the molecule is CC(C)[C@@H](C)NC(=O)C1CCN(C(=O)c2cccc(N(C)C)c2)CC1. The Kier molecular flexibility index (Phi) is 6.45. The molecule has 1 aromatic rings. The Morgan fingerprint density at radius 1 is 1.16 bits per heavy atom. The molecule has 1 fully saturated rings. The fraction of sp³-hybridized carbons (Fsp3) is 0.600. The van der Waals surface area contributed by atoms with E-state index in [1.807, 2.05) is 55.1 Å². The minimum absolute atomic E-state index is 0.0124. The summed E-state index contributed by atoms with van der Waals surface area (Å²) in [6.45, 7) is 7.53. The molecule has 0 unspecified atom stereocenters. The number of hydrogen-bond donors (Lipinski definition) is 1. The first-order valence-corrected chi connectivity index (χ1v) is 9.16. The average molecular weight is 345 g/mol. The number of anilines is 1. The quantitative estimate of drug-likeness (QED) is 0.893. The molecule has 1 aliphatic heterocycles. The number of hydrogen-bond acceptors (Lipinski definition) is 3. The van der Waals surface area contributed by atoms with Crippen molar-refractivity contribution in [1.82, 2.24) is 10.2 Å². The maximum absolute atomic E-state index is 12.7. The third kappa shape index (κ3) is 4.97. The van der Waals surface area contributed by atoms with Crippen LogP contribution in [0.2, 0.25) is 0 Å². The van der Waals surface area contributed by atoms with Crippen LogP contribution in [-0.4, -0.2) is 49.9 Å². The summed E-state index contributed by atoms with van der Waals surface area (Å²) in [5.41, 5.74) is 1.73. The van der Waals surface area contributed by atoms with Crippen molar-refractivity contribution in [1.29, 1.82) is 0 Å². The number of carbonyl (C=O) groups excluding carboxylic acids is 2. The van der Waals surface area contributed by atoms with Gasteiger partial charge in [0, 0.05) is 50.4 Å². The Morgan fingerprint density at radius 3 is 2.36 bits per heavy atom. The van der Waals surface area contributed by atoms with Crippen molar-refractivity contribution >= 4 is 17.5 Å². The molecule has 0 bridgehead atoms. The number of nitrogens with one attached hydrogen (secondary N) is 1. The summed E-state index contributed by atoms with van der Waals surface area (Å²) in [6.07, 6.45) is 1.46. The molecule has 25 heavy (non-hydrogen) atoms. The summed E-state index contributed by atoms with van der Waals surface area (Å²) in [5, 5.41) is 3.10. The van der Waals surface area contributed by atoms with Crippen molar-refractivity contribution in [3.8, 4) is 0 Å². The smallest absolute Gasteiger partial charge is 0.253 e. The summed E-state index contributed by atoms with van der Waals surface area (Å²) in [4.78, 5) is 28.9. The van der Waals surface area contributed by atoms with Gasteiger partial charge in [0.25, 0.3) is 5.91 Å². The Labute approximate surface area is 151 Å². The predicted molar refractivity (Wildman–Crippen MR) is 102 cm³/mol. The third-order valence-corrected chi connectivity index (χ3v) is 5.13. The largest absolute Gasteiger partial charge is 0.378 e. The van der Waals surface area contributed by atoms with E-state index in [9.17, 15) is 9.59 Å². The van der Waals surface area contributed by atoms with Gasteiger partial charge in [-0.2, -0.15) is 0 Å². The van der Waals surface area contributed by atoms with Gasteiger partial charge >= 0.3 is 0 Å². The van der Waals surface area contributed by atoms with Crippen LogP contribution >= 0.6 is 0 Å². The third-order valence-electron chi connectivity index (χ3n) is 5.13. The lowest BCUT2D eigenvalue weighted by atomic mass is 9.94. The molecule has 1 atom stereocenters. The molecule has 1 aliphatic rings. The van der Waals surface area contributed by atoms with Crippen LogP contribution in [0.4, 0.5) is 5.69 Å². The topological polar surface area (TPSA) is 52.7 Å². The van der Waals surface area contributed by atoms with E-state index >= 15 is 0 Å². The van der Waals surface area contributed by atoms with E-state index in [0.717, 1.165) is 18.5 Å². The molecule has 2 rings (SSSR count). The van der Waals surface area contributed by atoms with Crippen LogP contribution in [0, 0.1) is 11.8 Å². The zero-order valence-electron chi connectivity index (χ0n) is 16.1. The number of carbonyl (C=O) groups is 2. The number of likely N-dealkylation sites (tertiary alicyclic amines) is 1. The van der Waals surface area contributed by atoms with Crippen molar-refractivity contribution in [2.75, 3.05) is 32.1 Å². The summed E-state index contributed by atoms with van der Waals surface area (Å²) < 4.78 is 0. The maximum Gasteiger partial charge on any atom is 0.253 e. The maximum atomic E-state index is 12.7. The average Bonchev–Trinajstić information content (AvgIpc) is 2.61. The van der Waals surface area contributed by atoms with Crippen molar-refractivity contribution < 1.29 is 9.59 Å². The van der Waals surface area contributed by atoms with Crippen molar-refractivity contribution in [2.45, 2.75) is 39.7 Å². The minimum Gasteiger partial charge on any atom is -0.378 e. The monoisotopic (exact) mass is 345 g/mol. The second kappa shape index (κ2) is 8.37. The van der Waals surface area contributed by atoms with Gasteiger partial charge in [-0.25, -0.2) is 0 Å². The molecule has 0 aliphatic carbocycles. The number of piperidine rings is 1. The highest BCUT2D eigenvalue weighted by Crippen LogP contribution is 2.21. The molecular formula is C20H31N3O2. The lowest BCUT2D eigenvalue weighted by Crippen LogP contribution is -2.45. The molecule has 0 radical (unpaired) electrons. The Hall–Kier alpha value is -2.04. The van der Waals surface area contributed by atoms with Crippen LogP contribution in [-0.2, 0) is 4.79 Å². The van der Waals surface area contributed by atoms with Crippen molar-refractivity contribution in [3.05, 3.63) is 29.8 Å². The van der Waals surface area contributed by atoms with E-state index in [-0.39, 0.29) is 23.8 Å². The molecule has 0 saturated carbocycles. The van der Waals surface area contributed by atoms with Gasteiger partial charge in [0.15, 0.2) is 0 Å². The number of nitrogens with zero attached hydrogens (tertiary/aromatic N) is 2. The Balaban J connectivity index is 1.92. The number of benzene rings is 1. The lowest BCUT2D eigenvalue weighted by Gasteiger charge is -2.32. The Morgan fingerprint density at radius 2 is 1.80 bits per heavy atom. The first-order chi connectivity index (χ1) is 11.8. The highest BCUT2D eigenvalue weighted by Gasteiger charge is 2.28. The second-order valence-corrected chi connectivity index (χ2v) is 7.55. The molecule has 5 heteroatoms. The van der Waals surface area contributed by atoms with Crippen molar-refractivity contribution in [3.63, 3.8) is 0 Å². The van der Waals surface area contributed by atoms with Gasteiger partial charge in [0.1, 0.15) is 0 Å². The van der Waals surface area contributed by atoms with Crippen LogP contribution in [0.5, 0.6) is 0 Å². The fourth-order valence-electron chi connectivity index (χ4n) is 2.95. The van der Waals surface area contributed by atoms with Crippen molar-refractivity contribution in [2.24, 2.45) is 11.8 Å². The number of amides is 2. The lowest BCUT2D eigenvalue weighted by molar-refractivity contribution is -0.127. The summed E-state index contributed by atoms with van der Waals surface area (Å²) in [7, 11) is 3.93. The van der Waals surface area contributed by atoms with Crippen LogP contribution in [0.3, 0.4) is 0 Å². The highest BCUT2D eigenvalue weighted by atomic mass is 16.2. The van der Waals surface area contributed by atoms with Gasteiger partial charge in [-0.3, -0.25) is 9.59 Å². The molecule has 1 saturated heterocycles. The van der Waals surface area contributed by atoms with Gasteiger partial charge < -0.3 is 15.1 Å². The van der Waals surface area contributed by atoms with Gasteiger partial charge in [-0.05, 0) is 43.9 Å². The van der Waals surface area contributed by atoms with Gasteiger partial charge in [-0.15, -0.1) is 0 Å². The molecule has 2 amide bonds. The summed E-state index contributed by atoms with van der Waals surface area (Å²) in [6, 6.07) is 7.87. The predicted octanol–water partition coefficient (Wildman–Crippen LogP) is 2.77. The van der Waals surface area contributed by atoms with Crippen LogP contribution in [0.15, 0.2) is 24.3 Å². The molecule has 1 aromatic carbocycles. The normalized spacial score (nSPS) is 16.6. The van der Waals surface area contributed by atoms with E-state index < -0.39 is 0 Å². The van der Waals surface area contributed by atoms with E-state index in [4.69, 9.17) is 0 Å². The first kappa shape index (κ1) is 19.3. The van der Waals surface area contributed by atoms with Crippen LogP contribution in [0.1, 0.15) is 44.0 Å². The van der Waals surface area contributed by atoms with E-state index in [1.54, 1.807) is 0 Å². The highest BCUT2D eigenvalue weighted by molar-refractivity contribution is 5.95.